The van der Waals surface area contributed by atoms with Crippen LogP contribution in [0.1, 0.15) is 38.7 Å². The normalized spacial score (nSPS) is 12.1. The minimum Gasteiger partial charge on any atom is -0.481 e. The van der Waals surface area contributed by atoms with Crippen molar-refractivity contribution in [2.75, 3.05) is 13.2 Å². The lowest BCUT2D eigenvalue weighted by Gasteiger charge is -2.15. The molecule has 6 nitrogen and oxygen atoms in total. The van der Waals surface area contributed by atoms with Crippen LogP contribution in [-0.4, -0.2) is 30.3 Å². The number of aliphatic hydroxyl groups excluding tert-OH is 1. The van der Waals surface area contributed by atoms with Gasteiger partial charge in [-0.2, -0.15) is 0 Å². The van der Waals surface area contributed by atoms with E-state index in [2.05, 4.69) is 12.2 Å². The Bertz CT molecular complexity index is 768. The Morgan fingerprint density at radius 3 is 2.84 bits per heavy atom. The van der Waals surface area contributed by atoms with Crippen LogP contribution in [0.15, 0.2) is 33.5 Å². The van der Waals surface area contributed by atoms with Crippen molar-refractivity contribution < 1.29 is 19.1 Å². The number of benzene rings is 1. The van der Waals surface area contributed by atoms with Crippen LogP contribution in [-0.2, 0) is 11.2 Å². The summed E-state index contributed by atoms with van der Waals surface area (Å²) < 4.78 is 10.9. The van der Waals surface area contributed by atoms with Crippen LogP contribution in [0.25, 0.3) is 11.0 Å². The molecule has 1 heterocycles. The van der Waals surface area contributed by atoms with Crippen LogP contribution >= 0.6 is 0 Å². The van der Waals surface area contributed by atoms with Gasteiger partial charge in [-0.25, -0.2) is 4.79 Å². The van der Waals surface area contributed by atoms with Gasteiger partial charge in [0.1, 0.15) is 11.3 Å². The molecule has 0 radical (unpaired) electrons. The first-order chi connectivity index (χ1) is 12.0. The molecule has 0 unspecified atom stereocenters. The van der Waals surface area contributed by atoms with E-state index in [0.29, 0.717) is 24.3 Å². The fraction of sp³-hybridized carbons (Fsp3) is 0.474. The Balaban J connectivity index is 2.15. The topological polar surface area (TPSA) is 88.8 Å². The molecule has 25 heavy (non-hydrogen) atoms. The third-order valence-corrected chi connectivity index (χ3v) is 3.92. The summed E-state index contributed by atoms with van der Waals surface area (Å²) in [5.74, 6) is 0.208. The molecule has 2 rings (SSSR count). The zero-order valence-electron chi connectivity index (χ0n) is 14.7. The number of aliphatic hydroxyl groups is 1. The molecule has 2 aromatic rings. The van der Waals surface area contributed by atoms with Crippen molar-refractivity contribution in [2.45, 2.75) is 45.6 Å². The van der Waals surface area contributed by atoms with Crippen LogP contribution < -0.4 is 15.7 Å². The van der Waals surface area contributed by atoms with E-state index >= 15 is 0 Å². The van der Waals surface area contributed by atoms with Gasteiger partial charge >= 0.3 is 5.63 Å². The molecule has 1 atom stereocenters. The van der Waals surface area contributed by atoms with Gasteiger partial charge in [0.15, 0.2) is 6.10 Å². The number of fused-ring (bicyclic) bond motifs is 1. The Labute approximate surface area is 146 Å². The van der Waals surface area contributed by atoms with Gasteiger partial charge in [-0.3, -0.25) is 4.79 Å². The zero-order valence-corrected chi connectivity index (χ0v) is 14.7. The molecule has 0 aliphatic carbocycles. The molecular weight excluding hydrogens is 322 g/mol. The highest BCUT2D eigenvalue weighted by molar-refractivity contribution is 5.83. The molecule has 1 aromatic heterocycles. The number of unbranched alkanes of at least 4 members (excludes halogenated alkanes) is 1. The fourth-order valence-electron chi connectivity index (χ4n) is 2.55. The summed E-state index contributed by atoms with van der Waals surface area (Å²) >= 11 is 0. The van der Waals surface area contributed by atoms with Crippen LogP contribution in [0.5, 0.6) is 5.75 Å². The number of rotatable bonds is 9. The highest BCUT2D eigenvalue weighted by Gasteiger charge is 2.15. The molecule has 136 valence electrons. The SMILES string of the molecule is CCCCc1cc(=O)oc2cc(O[C@@H](C)C(=O)NCCCO)ccc12. The Hall–Kier alpha value is -2.34. The number of hydrogen-bond donors (Lipinski definition) is 2. The number of carbonyl (C=O) groups is 1. The van der Waals surface area contributed by atoms with E-state index in [-0.39, 0.29) is 18.1 Å². The van der Waals surface area contributed by atoms with Crippen molar-refractivity contribution in [1.29, 1.82) is 0 Å². The predicted octanol–water partition coefficient (Wildman–Crippen LogP) is 2.40. The number of nitrogens with one attached hydrogen (secondary N) is 1. The summed E-state index contributed by atoms with van der Waals surface area (Å²) in [7, 11) is 0. The maximum absolute atomic E-state index is 11.9. The minimum absolute atomic E-state index is 0.0274. The summed E-state index contributed by atoms with van der Waals surface area (Å²) in [5, 5.41) is 12.3. The maximum atomic E-state index is 11.9. The van der Waals surface area contributed by atoms with Crippen LogP contribution in [0.4, 0.5) is 0 Å². The second-order valence-electron chi connectivity index (χ2n) is 5.98. The van der Waals surface area contributed by atoms with Crippen molar-refractivity contribution in [3.05, 3.63) is 40.2 Å². The summed E-state index contributed by atoms with van der Waals surface area (Å²) in [6.07, 6.45) is 2.68. The Morgan fingerprint density at radius 1 is 1.32 bits per heavy atom. The third kappa shape index (κ3) is 5.32. The fourth-order valence-corrected chi connectivity index (χ4v) is 2.55. The van der Waals surface area contributed by atoms with Crippen molar-refractivity contribution in [3.63, 3.8) is 0 Å². The molecule has 6 heteroatoms. The summed E-state index contributed by atoms with van der Waals surface area (Å²) in [5.41, 5.74) is 1.05. The Morgan fingerprint density at radius 2 is 2.12 bits per heavy atom. The van der Waals surface area contributed by atoms with E-state index in [1.54, 1.807) is 19.1 Å². The molecule has 0 aliphatic rings. The smallest absolute Gasteiger partial charge is 0.336 e. The van der Waals surface area contributed by atoms with E-state index in [9.17, 15) is 9.59 Å². The number of aryl methyl sites for hydroxylation is 1. The Kier molecular flexibility index (Phi) is 7.01. The van der Waals surface area contributed by atoms with Gasteiger partial charge in [0.05, 0.1) is 0 Å². The average molecular weight is 347 g/mol. The molecule has 2 N–H and O–H groups in total. The summed E-state index contributed by atoms with van der Waals surface area (Å²) in [6.45, 7) is 4.18. The van der Waals surface area contributed by atoms with Crippen LogP contribution in [0.3, 0.4) is 0 Å². The average Bonchev–Trinajstić information content (AvgIpc) is 2.59. The highest BCUT2D eigenvalue weighted by atomic mass is 16.5. The van der Waals surface area contributed by atoms with Crippen LogP contribution in [0, 0.1) is 0 Å². The van der Waals surface area contributed by atoms with Crippen molar-refractivity contribution >= 4 is 16.9 Å². The number of hydrogen-bond acceptors (Lipinski definition) is 5. The van der Waals surface area contributed by atoms with Gasteiger partial charge in [0.2, 0.25) is 0 Å². The minimum atomic E-state index is -0.689. The standard InChI is InChI=1S/C19H25NO5/c1-3-4-6-14-11-18(22)25-17-12-15(7-8-16(14)17)24-13(2)19(23)20-9-5-10-21/h7-8,11-13,21H,3-6,9-10H2,1-2H3,(H,20,23)/t13-/m0/s1. The first-order valence-electron chi connectivity index (χ1n) is 8.67. The highest BCUT2D eigenvalue weighted by Crippen LogP contribution is 2.24. The van der Waals surface area contributed by atoms with Gasteiger partial charge in [-0.05, 0) is 43.9 Å². The predicted molar refractivity (Wildman–Crippen MR) is 95.9 cm³/mol. The first-order valence-corrected chi connectivity index (χ1v) is 8.67. The quantitative estimate of drug-likeness (QED) is 0.537. The lowest BCUT2D eigenvalue weighted by atomic mass is 10.0. The molecule has 0 saturated heterocycles. The van der Waals surface area contributed by atoms with Gasteiger partial charge in [0.25, 0.3) is 5.91 Å². The van der Waals surface area contributed by atoms with Gasteiger partial charge in [-0.1, -0.05) is 13.3 Å². The summed E-state index contributed by atoms with van der Waals surface area (Å²) in [4.78, 5) is 23.7. The lowest BCUT2D eigenvalue weighted by Crippen LogP contribution is -2.37. The number of ether oxygens (including phenoxy) is 1. The van der Waals surface area contributed by atoms with E-state index in [1.807, 2.05) is 6.07 Å². The second-order valence-corrected chi connectivity index (χ2v) is 5.98. The van der Waals surface area contributed by atoms with Crippen LogP contribution in [0.2, 0.25) is 0 Å². The van der Waals surface area contributed by atoms with Crippen molar-refractivity contribution in [2.24, 2.45) is 0 Å². The lowest BCUT2D eigenvalue weighted by molar-refractivity contribution is -0.127. The second kappa shape index (κ2) is 9.22. The van der Waals surface area contributed by atoms with Gasteiger partial charge in [-0.15, -0.1) is 0 Å². The summed E-state index contributed by atoms with van der Waals surface area (Å²) in [6, 6.07) is 6.81. The molecule has 0 fully saturated rings. The largest absolute Gasteiger partial charge is 0.481 e. The van der Waals surface area contributed by atoms with E-state index in [1.165, 1.54) is 6.07 Å². The maximum Gasteiger partial charge on any atom is 0.336 e. The molecule has 0 aliphatic heterocycles. The third-order valence-electron chi connectivity index (χ3n) is 3.92. The molecule has 0 bridgehead atoms. The number of amides is 1. The molecule has 1 amide bonds. The van der Waals surface area contributed by atoms with Gasteiger partial charge in [0, 0.05) is 30.7 Å². The van der Waals surface area contributed by atoms with Crippen molar-refractivity contribution in [3.8, 4) is 5.75 Å². The molecule has 0 saturated carbocycles. The molecule has 1 aromatic carbocycles. The zero-order chi connectivity index (χ0) is 18.2. The van der Waals surface area contributed by atoms with Gasteiger partial charge < -0.3 is 19.6 Å². The first kappa shape index (κ1) is 19.0. The van der Waals surface area contributed by atoms with E-state index < -0.39 is 6.10 Å². The number of carbonyl (C=O) groups excluding carboxylic acids is 1. The van der Waals surface area contributed by atoms with E-state index in [4.69, 9.17) is 14.3 Å². The monoisotopic (exact) mass is 347 g/mol. The van der Waals surface area contributed by atoms with Crippen molar-refractivity contribution in [1.82, 2.24) is 5.32 Å². The van der Waals surface area contributed by atoms with E-state index in [0.717, 1.165) is 30.2 Å². The molecular formula is C19H25NO5. The molecule has 0 spiro atoms.